The van der Waals surface area contributed by atoms with Crippen molar-refractivity contribution in [3.8, 4) is 0 Å². The summed E-state index contributed by atoms with van der Waals surface area (Å²) in [5, 5.41) is 3.06. The van der Waals surface area contributed by atoms with Crippen LogP contribution in [0.15, 0.2) is 16.6 Å². The number of nitrogens with one attached hydrogen (secondary N) is 1. The second-order valence-corrected chi connectivity index (χ2v) is 7.38. The summed E-state index contributed by atoms with van der Waals surface area (Å²) < 4.78 is 0.963. The van der Waals surface area contributed by atoms with Crippen LogP contribution in [0.25, 0.3) is 0 Å². The van der Waals surface area contributed by atoms with Crippen LogP contribution in [0.4, 0.5) is 0 Å². The van der Waals surface area contributed by atoms with Crippen molar-refractivity contribution in [2.75, 3.05) is 0 Å². The first-order valence-electron chi connectivity index (χ1n) is 8.14. The second kappa shape index (κ2) is 5.80. The molecule has 1 spiro atoms. The van der Waals surface area contributed by atoms with Crippen molar-refractivity contribution < 1.29 is 9.59 Å². The SMILES string of the molecule is CCc1ccc(Br)c(C)c1C1C(=O)NC2(CCCCC2)C1=O. The molecule has 1 aromatic rings. The summed E-state index contributed by atoms with van der Waals surface area (Å²) in [7, 11) is 0. The van der Waals surface area contributed by atoms with E-state index in [2.05, 4.69) is 28.2 Å². The minimum Gasteiger partial charge on any atom is -0.343 e. The third-order valence-electron chi connectivity index (χ3n) is 5.27. The van der Waals surface area contributed by atoms with Gasteiger partial charge in [0.25, 0.3) is 0 Å². The highest BCUT2D eigenvalue weighted by molar-refractivity contribution is 9.10. The van der Waals surface area contributed by atoms with Gasteiger partial charge in [-0.1, -0.05) is 48.2 Å². The molecule has 3 rings (SSSR count). The fourth-order valence-electron chi connectivity index (χ4n) is 4.02. The molecule has 1 saturated heterocycles. The van der Waals surface area contributed by atoms with Gasteiger partial charge < -0.3 is 5.32 Å². The number of hydrogen-bond acceptors (Lipinski definition) is 2. The van der Waals surface area contributed by atoms with Gasteiger partial charge in [0.05, 0.1) is 5.54 Å². The highest BCUT2D eigenvalue weighted by Crippen LogP contribution is 2.41. The smallest absolute Gasteiger partial charge is 0.235 e. The minimum absolute atomic E-state index is 0.0908. The van der Waals surface area contributed by atoms with Gasteiger partial charge in [-0.2, -0.15) is 0 Å². The maximum absolute atomic E-state index is 13.1. The van der Waals surface area contributed by atoms with E-state index < -0.39 is 11.5 Å². The molecule has 3 nitrogen and oxygen atoms in total. The summed E-state index contributed by atoms with van der Waals surface area (Å²) in [5.74, 6) is -0.651. The molecule has 1 atom stereocenters. The molecular weight excluding hydrogens is 342 g/mol. The van der Waals surface area contributed by atoms with Crippen LogP contribution in [-0.2, 0) is 16.0 Å². The summed E-state index contributed by atoms with van der Waals surface area (Å²) in [4.78, 5) is 25.8. The first kappa shape index (κ1) is 15.7. The standard InChI is InChI=1S/C18H22BrNO2/c1-3-12-7-8-13(19)11(2)14(12)15-16(21)18(20-17(15)22)9-5-4-6-10-18/h7-8,15H,3-6,9-10H2,1-2H3,(H,20,22). The van der Waals surface area contributed by atoms with E-state index in [0.717, 1.165) is 59.7 Å². The Morgan fingerprint density at radius 3 is 2.55 bits per heavy atom. The monoisotopic (exact) mass is 363 g/mol. The lowest BCUT2D eigenvalue weighted by atomic mass is 9.75. The number of aryl methyl sites for hydroxylation is 1. The molecule has 1 heterocycles. The molecule has 2 fully saturated rings. The average molecular weight is 364 g/mol. The fraction of sp³-hybridized carbons (Fsp3) is 0.556. The molecule has 1 aromatic carbocycles. The molecule has 1 unspecified atom stereocenters. The third-order valence-corrected chi connectivity index (χ3v) is 6.13. The Labute approximate surface area is 140 Å². The lowest BCUT2D eigenvalue weighted by Gasteiger charge is -2.31. The van der Waals surface area contributed by atoms with Crippen LogP contribution in [0.1, 0.15) is 61.6 Å². The molecule has 1 amide bonds. The van der Waals surface area contributed by atoms with Crippen LogP contribution < -0.4 is 5.32 Å². The van der Waals surface area contributed by atoms with Gasteiger partial charge in [0.15, 0.2) is 5.78 Å². The summed E-state index contributed by atoms with van der Waals surface area (Å²) in [6.07, 6.45) is 5.62. The predicted octanol–water partition coefficient (Wildman–Crippen LogP) is 3.81. The molecule has 1 aliphatic heterocycles. The molecule has 0 radical (unpaired) electrons. The Bertz CT molecular complexity index is 632. The number of amides is 1. The number of halogens is 1. The quantitative estimate of drug-likeness (QED) is 0.812. The van der Waals surface area contributed by atoms with Gasteiger partial charge in [-0.25, -0.2) is 0 Å². The molecule has 1 aliphatic carbocycles. The molecule has 0 bridgehead atoms. The van der Waals surface area contributed by atoms with E-state index in [4.69, 9.17) is 0 Å². The molecular formula is C18H22BrNO2. The van der Waals surface area contributed by atoms with Crippen LogP contribution >= 0.6 is 15.9 Å². The van der Waals surface area contributed by atoms with E-state index >= 15 is 0 Å². The van der Waals surface area contributed by atoms with Gasteiger partial charge in [0, 0.05) is 4.47 Å². The first-order valence-corrected chi connectivity index (χ1v) is 8.93. The van der Waals surface area contributed by atoms with Crippen molar-refractivity contribution in [1.82, 2.24) is 5.32 Å². The maximum atomic E-state index is 13.1. The van der Waals surface area contributed by atoms with Crippen molar-refractivity contribution in [2.24, 2.45) is 0 Å². The zero-order valence-corrected chi connectivity index (χ0v) is 14.8. The van der Waals surface area contributed by atoms with Crippen molar-refractivity contribution in [2.45, 2.75) is 63.8 Å². The predicted molar refractivity (Wildman–Crippen MR) is 90.0 cm³/mol. The van der Waals surface area contributed by atoms with Gasteiger partial charge in [0.1, 0.15) is 5.92 Å². The van der Waals surface area contributed by atoms with Crippen LogP contribution in [0.3, 0.4) is 0 Å². The van der Waals surface area contributed by atoms with Crippen LogP contribution in [0.5, 0.6) is 0 Å². The first-order chi connectivity index (χ1) is 10.5. The molecule has 4 heteroatoms. The third kappa shape index (κ3) is 2.32. The summed E-state index contributed by atoms with van der Waals surface area (Å²) in [6.45, 7) is 4.06. The number of rotatable bonds is 2. The average Bonchev–Trinajstić information content (AvgIpc) is 2.74. The van der Waals surface area contributed by atoms with Crippen LogP contribution in [-0.4, -0.2) is 17.2 Å². The normalized spacial score (nSPS) is 23.9. The molecule has 1 saturated carbocycles. The number of carbonyl (C=O) groups is 2. The maximum Gasteiger partial charge on any atom is 0.235 e. The molecule has 1 N–H and O–H groups in total. The highest BCUT2D eigenvalue weighted by atomic mass is 79.9. The Morgan fingerprint density at radius 2 is 1.91 bits per heavy atom. The van der Waals surface area contributed by atoms with E-state index in [1.165, 1.54) is 0 Å². The van der Waals surface area contributed by atoms with Crippen LogP contribution in [0.2, 0.25) is 0 Å². The molecule has 118 valence electrons. The van der Waals surface area contributed by atoms with E-state index in [1.54, 1.807) is 0 Å². The van der Waals surface area contributed by atoms with Gasteiger partial charge in [0.2, 0.25) is 5.91 Å². The number of ketones is 1. The summed E-state index contributed by atoms with van der Waals surface area (Å²) >= 11 is 3.54. The minimum atomic E-state index is -0.634. The van der Waals surface area contributed by atoms with Crippen LogP contribution in [0, 0.1) is 6.92 Å². The number of hydrogen-bond donors (Lipinski definition) is 1. The highest BCUT2D eigenvalue weighted by Gasteiger charge is 2.53. The zero-order chi connectivity index (χ0) is 15.9. The Hall–Kier alpha value is -1.16. The van der Waals surface area contributed by atoms with E-state index in [1.807, 2.05) is 19.1 Å². The largest absolute Gasteiger partial charge is 0.343 e. The Morgan fingerprint density at radius 1 is 1.23 bits per heavy atom. The lowest BCUT2D eigenvalue weighted by Crippen LogP contribution is -2.47. The Balaban J connectivity index is 2.07. The molecule has 2 aliphatic rings. The van der Waals surface area contributed by atoms with Gasteiger partial charge in [-0.3, -0.25) is 9.59 Å². The summed E-state index contributed by atoms with van der Waals surface area (Å²) in [5.41, 5.74) is 2.43. The number of Topliss-reactive ketones (excluding diaryl/α,β-unsaturated/α-hetero) is 1. The van der Waals surface area contributed by atoms with Crippen molar-refractivity contribution >= 4 is 27.6 Å². The van der Waals surface area contributed by atoms with Gasteiger partial charge in [-0.05, 0) is 48.9 Å². The molecule has 0 aromatic heterocycles. The summed E-state index contributed by atoms with van der Waals surface area (Å²) in [6, 6.07) is 4.03. The van der Waals surface area contributed by atoms with Crippen molar-refractivity contribution in [3.05, 3.63) is 33.3 Å². The topological polar surface area (TPSA) is 46.2 Å². The van der Waals surface area contributed by atoms with Gasteiger partial charge in [-0.15, -0.1) is 0 Å². The fourth-order valence-corrected chi connectivity index (χ4v) is 4.37. The number of carbonyl (C=O) groups excluding carboxylic acids is 2. The van der Waals surface area contributed by atoms with Gasteiger partial charge >= 0.3 is 0 Å². The molecule has 22 heavy (non-hydrogen) atoms. The van der Waals surface area contributed by atoms with Crippen molar-refractivity contribution in [1.29, 1.82) is 0 Å². The van der Waals surface area contributed by atoms with E-state index in [9.17, 15) is 9.59 Å². The lowest BCUT2D eigenvalue weighted by molar-refractivity contribution is -0.125. The van der Waals surface area contributed by atoms with Crippen molar-refractivity contribution in [3.63, 3.8) is 0 Å². The van der Waals surface area contributed by atoms with E-state index in [0.29, 0.717) is 0 Å². The zero-order valence-electron chi connectivity index (χ0n) is 13.2. The number of benzene rings is 1. The Kier molecular flexibility index (Phi) is 4.15. The second-order valence-electron chi connectivity index (χ2n) is 6.53. The van der Waals surface area contributed by atoms with E-state index in [-0.39, 0.29) is 11.7 Å².